The molecule has 0 aliphatic heterocycles. The number of nitrogens with zero attached hydrogens (tertiary/aromatic N) is 1. The van der Waals surface area contributed by atoms with Crippen molar-refractivity contribution in [2.75, 3.05) is 12.3 Å². The molecule has 1 N–H and O–H groups in total. The highest BCUT2D eigenvalue weighted by atomic mass is 32.2. The fourth-order valence-electron chi connectivity index (χ4n) is 4.37. The zero-order chi connectivity index (χ0) is 22.8. The maximum atomic E-state index is 13.3. The molecule has 1 atom stereocenters. The zero-order valence-electron chi connectivity index (χ0n) is 19.4. The maximum Gasteiger partial charge on any atom is 0.243 e. The van der Waals surface area contributed by atoms with Gasteiger partial charge in [0.05, 0.1) is 5.75 Å². The largest absolute Gasteiger partial charge is 0.352 e. The molecule has 2 amide bonds. The first-order valence-electron chi connectivity index (χ1n) is 11.8. The monoisotopic (exact) mass is 452 g/mol. The Kier molecular flexibility index (Phi) is 9.66. The van der Waals surface area contributed by atoms with Gasteiger partial charge in [-0.05, 0) is 49.3 Å². The van der Waals surface area contributed by atoms with Gasteiger partial charge in [-0.3, -0.25) is 9.59 Å². The number of hydrogen-bond donors (Lipinski definition) is 1. The van der Waals surface area contributed by atoms with E-state index in [0.29, 0.717) is 18.7 Å². The van der Waals surface area contributed by atoms with Gasteiger partial charge in [-0.25, -0.2) is 0 Å². The predicted octanol–water partition coefficient (Wildman–Crippen LogP) is 5.14. The molecule has 4 nitrogen and oxygen atoms in total. The fraction of sp³-hybridized carbons (Fsp3) is 0.481. The summed E-state index contributed by atoms with van der Waals surface area (Å²) in [6.07, 6.45) is 5.82. The van der Waals surface area contributed by atoms with Gasteiger partial charge in [0.1, 0.15) is 6.04 Å². The quantitative estimate of drug-likeness (QED) is 0.514. The lowest BCUT2D eigenvalue weighted by Crippen LogP contribution is -2.52. The third-order valence-electron chi connectivity index (χ3n) is 6.32. The molecule has 1 aliphatic carbocycles. The number of nitrogens with one attached hydrogen (secondary N) is 1. The van der Waals surface area contributed by atoms with Crippen LogP contribution in [0.15, 0.2) is 54.6 Å². The predicted molar refractivity (Wildman–Crippen MR) is 134 cm³/mol. The molecule has 1 fully saturated rings. The third kappa shape index (κ3) is 7.13. The highest BCUT2D eigenvalue weighted by Crippen LogP contribution is 2.20. The summed E-state index contributed by atoms with van der Waals surface area (Å²) in [4.78, 5) is 28.2. The number of amides is 2. The van der Waals surface area contributed by atoms with E-state index < -0.39 is 6.04 Å². The van der Waals surface area contributed by atoms with E-state index in [2.05, 4.69) is 36.5 Å². The minimum atomic E-state index is -0.411. The lowest BCUT2D eigenvalue weighted by Gasteiger charge is -2.31. The van der Waals surface area contributed by atoms with Crippen molar-refractivity contribution >= 4 is 23.6 Å². The molecule has 5 heteroatoms. The molecule has 0 radical (unpaired) electrons. The summed E-state index contributed by atoms with van der Waals surface area (Å²) < 4.78 is 0. The Balaban J connectivity index is 1.65. The molecule has 172 valence electrons. The van der Waals surface area contributed by atoms with Crippen molar-refractivity contribution in [3.8, 4) is 0 Å². The van der Waals surface area contributed by atoms with E-state index in [1.807, 2.05) is 42.2 Å². The summed E-state index contributed by atoms with van der Waals surface area (Å²) in [5, 5.41) is 3.21. The molecule has 0 heterocycles. The van der Waals surface area contributed by atoms with Gasteiger partial charge >= 0.3 is 0 Å². The number of rotatable bonds is 11. The first-order chi connectivity index (χ1) is 15.6. The Morgan fingerprint density at radius 3 is 2.44 bits per heavy atom. The van der Waals surface area contributed by atoms with Gasteiger partial charge in [0.25, 0.3) is 0 Å². The van der Waals surface area contributed by atoms with Gasteiger partial charge in [0.15, 0.2) is 0 Å². The first kappa shape index (κ1) is 24.4. The van der Waals surface area contributed by atoms with Gasteiger partial charge in [-0.1, -0.05) is 74.4 Å². The Bertz CT molecular complexity index is 865. The van der Waals surface area contributed by atoms with Crippen LogP contribution in [0.5, 0.6) is 0 Å². The molecule has 2 aromatic carbocycles. The Labute approximate surface area is 197 Å². The number of thioether (sulfide) groups is 1. The zero-order valence-corrected chi connectivity index (χ0v) is 20.2. The molecule has 0 unspecified atom stereocenters. The minimum absolute atomic E-state index is 0.00437. The van der Waals surface area contributed by atoms with Crippen molar-refractivity contribution in [3.63, 3.8) is 0 Å². The highest BCUT2D eigenvalue weighted by Gasteiger charge is 2.30. The second kappa shape index (κ2) is 12.7. The van der Waals surface area contributed by atoms with Crippen LogP contribution in [0, 0.1) is 6.92 Å². The lowest BCUT2D eigenvalue weighted by atomic mass is 10.1. The van der Waals surface area contributed by atoms with Crippen molar-refractivity contribution in [1.29, 1.82) is 0 Å². The van der Waals surface area contributed by atoms with Crippen LogP contribution >= 0.6 is 11.8 Å². The first-order valence-corrected chi connectivity index (χ1v) is 13.0. The van der Waals surface area contributed by atoms with E-state index >= 15 is 0 Å². The van der Waals surface area contributed by atoms with Crippen LogP contribution in [0.2, 0.25) is 0 Å². The Morgan fingerprint density at radius 1 is 1.06 bits per heavy atom. The van der Waals surface area contributed by atoms with E-state index in [4.69, 9.17) is 0 Å². The van der Waals surface area contributed by atoms with Gasteiger partial charge in [0, 0.05) is 18.3 Å². The summed E-state index contributed by atoms with van der Waals surface area (Å²) in [6, 6.07) is 18.3. The average molecular weight is 453 g/mol. The highest BCUT2D eigenvalue weighted by molar-refractivity contribution is 7.99. The number of hydrogen-bond acceptors (Lipinski definition) is 3. The van der Waals surface area contributed by atoms with Crippen LogP contribution in [0.3, 0.4) is 0 Å². The van der Waals surface area contributed by atoms with E-state index in [1.165, 1.54) is 29.5 Å². The summed E-state index contributed by atoms with van der Waals surface area (Å²) in [5.74, 6) is 1.24. The van der Waals surface area contributed by atoms with Crippen LogP contribution in [-0.4, -0.2) is 41.1 Å². The standard InChI is InChI=1S/C27H36N2O2S/c1-3-25(27(31)28-24-15-9-10-16-24)29(18-17-22-12-5-4-6-13-22)26(30)20-32-19-23-14-8-7-11-21(23)2/h4-8,11-14,24-25H,3,9-10,15-20H2,1-2H3,(H,28,31)/t25-/m1/s1. The number of carbonyl (C=O) groups excluding carboxylic acids is 2. The molecular weight excluding hydrogens is 416 g/mol. The topological polar surface area (TPSA) is 49.4 Å². The van der Waals surface area contributed by atoms with Crippen molar-refractivity contribution < 1.29 is 9.59 Å². The van der Waals surface area contributed by atoms with E-state index in [9.17, 15) is 9.59 Å². The van der Waals surface area contributed by atoms with Gasteiger partial charge in [0.2, 0.25) is 11.8 Å². The second-order valence-corrected chi connectivity index (χ2v) is 9.64. The SMILES string of the molecule is CC[C@H](C(=O)NC1CCCC1)N(CCc1ccccc1)C(=O)CSCc1ccccc1C. The molecular formula is C27H36N2O2S. The second-order valence-electron chi connectivity index (χ2n) is 8.66. The molecule has 1 saturated carbocycles. The molecule has 1 aliphatic rings. The van der Waals surface area contributed by atoms with Gasteiger partial charge in [-0.2, -0.15) is 0 Å². The summed E-state index contributed by atoms with van der Waals surface area (Å²) >= 11 is 1.63. The van der Waals surface area contributed by atoms with Crippen molar-refractivity contribution in [2.45, 2.75) is 70.2 Å². The molecule has 2 aromatic rings. The van der Waals surface area contributed by atoms with Crippen LogP contribution in [-0.2, 0) is 21.8 Å². The number of benzene rings is 2. The van der Waals surface area contributed by atoms with E-state index in [0.717, 1.165) is 25.0 Å². The maximum absolute atomic E-state index is 13.3. The normalized spacial score (nSPS) is 14.8. The van der Waals surface area contributed by atoms with Gasteiger partial charge < -0.3 is 10.2 Å². The van der Waals surface area contributed by atoms with Crippen LogP contribution < -0.4 is 5.32 Å². The summed E-state index contributed by atoms with van der Waals surface area (Å²) in [5.41, 5.74) is 3.69. The molecule has 0 bridgehead atoms. The van der Waals surface area contributed by atoms with Crippen LogP contribution in [0.25, 0.3) is 0 Å². The third-order valence-corrected chi connectivity index (χ3v) is 7.28. The summed E-state index contributed by atoms with van der Waals surface area (Å²) in [6.45, 7) is 4.66. The number of carbonyl (C=O) groups is 2. The number of aryl methyl sites for hydroxylation is 1. The van der Waals surface area contributed by atoms with Crippen LogP contribution in [0.4, 0.5) is 0 Å². The van der Waals surface area contributed by atoms with Crippen molar-refractivity contribution in [1.82, 2.24) is 10.2 Å². The van der Waals surface area contributed by atoms with Crippen LogP contribution in [0.1, 0.15) is 55.7 Å². The Hall–Kier alpha value is -2.27. The van der Waals surface area contributed by atoms with E-state index in [1.54, 1.807) is 11.8 Å². The molecule has 32 heavy (non-hydrogen) atoms. The fourth-order valence-corrected chi connectivity index (χ4v) is 5.35. The van der Waals surface area contributed by atoms with E-state index in [-0.39, 0.29) is 17.9 Å². The minimum Gasteiger partial charge on any atom is -0.352 e. The summed E-state index contributed by atoms with van der Waals surface area (Å²) in [7, 11) is 0. The smallest absolute Gasteiger partial charge is 0.243 e. The van der Waals surface area contributed by atoms with Crippen molar-refractivity contribution in [3.05, 3.63) is 71.3 Å². The molecule has 0 saturated heterocycles. The van der Waals surface area contributed by atoms with Gasteiger partial charge in [-0.15, -0.1) is 11.8 Å². The lowest BCUT2D eigenvalue weighted by molar-refractivity contribution is -0.139. The molecule has 3 rings (SSSR count). The molecule has 0 spiro atoms. The average Bonchev–Trinajstić information content (AvgIpc) is 3.31. The van der Waals surface area contributed by atoms with Crippen molar-refractivity contribution in [2.24, 2.45) is 0 Å². The Morgan fingerprint density at radius 2 is 1.75 bits per heavy atom. The molecule has 0 aromatic heterocycles.